The SMILES string of the molecule is c1ccc(SN[C@@H]2CCNC2)cc1. The summed E-state index contributed by atoms with van der Waals surface area (Å²) in [4.78, 5) is 1.29. The molecule has 13 heavy (non-hydrogen) atoms. The summed E-state index contributed by atoms with van der Waals surface area (Å²) in [7, 11) is 0. The van der Waals surface area contributed by atoms with Gasteiger partial charge in [-0.05, 0) is 37.0 Å². The van der Waals surface area contributed by atoms with E-state index >= 15 is 0 Å². The van der Waals surface area contributed by atoms with Crippen molar-refractivity contribution in [2.45, 2.75) is 17.4 Å². The minimum absolute atomic E-state index is 0.630. The molecule has 0 bridgehead atoms. The zero-order valence-electron chi connectivity index (χ0n) is 7.49. The van der Waals surface area contributed by atoms with Gasteiger partial charge in [-0.15, -0.1) is 0 Å². The normalized spacial score (nSPS) is 22.0. The maximum Gasteiger partial charge on any atom is 0.0312 e. The third-order valence-electron chi connectivity index (χ3n) is 2.15. The number of hydrogen-bond donors (Lipinski definition) is 2. The van der Waals surface area contributed by atoms with E-state index in [1.165, 1.54) is 11.3 Å². The molecule has 2 N–H and O–H groups in total. The van der Waals surface area contributed by atoms with Crippen molar-refractivity contribution in [1.82, 2.24) is 10.0 Å². The monoisotopic (exact) mass is 194 g/mol. The Hall–Kier alpha value is -0.510. The molecular weight excluding hydrogens is 180 g/mol. The van der Waals surface area contributed by atoms with E-state index < -0.39 is 0 Å². The van der Waals surface area contributed by atoms with Gasteiger partial charge in [-0.1, -0.05) is 18.2 Å². The van der Waals surface area contributed by atoms with Crippen LogP contribution in [0.15, 0.2) is 35.2 Å². The highest BCUT2D eigenvalue weighted by Crippen LogP contribution is 2.15. The number of benzene rings is 1. The Kier molecular flexibility index (Phi) is 3.24. The number of rotatable bonds is 3. The van der Waals surface area contributed by atoms with Gasteiger partial charge in [-0.25, -0.2) is 0 Å². The van der Waals surface area contributed by atoms with Gasteiger partial charge in [0.05, 0.1) is 0 Å². The molecule has 2 nitrogen and oxygen atoms in total. The van der Waals surface area contributed by atoms with Gasteiger partial charge >= 0.3 is 0 Å². The molecule has 1 aliphatic rings. The molecule has 1 atom stereocenters. The molecule has 1 saturated heterocycles. The van der Waals surface area contributed by atoms with Crippen molar-refractivity contribution in [2.75, 3.05) is 13.1 Å². The van der Waals surface area contributed by atoms with Gasteiger partial charge in [0.15, 0.2) is 0 Å². The Morgan fingerprint density at radius 2 is 2.15 bits per heavy atom. The summed E-state index contributed by atoms with van der Waals surface area (Å²) >= 11 is 1.73. The Bertz CT molecular complexity index is 244. The van der Waals surface area contributed by atoms with E-state index in [0.717, 1.165) is 13.1 Å². The van der Waals surface area contributed by atoms with E-state index in [2.05, 4.69) is 34.3 Å². The van der Waals surface area contributed by atoms with Crippen LogP contribution in [0.3, 0.4) is 0 Å². The van der Waals surface area contributed by atoms with Crippen LogP contribution in [0, 0.1) is 0 Å². The van der Waals surface area contributed by atoms with Crippen molar-refractivity contribution in [3.63, 3.8) is 0 Å². The van der Waals surface area contributed by atoms with Crippen LogP contribution in [-0.2, 0) is 0 Å². The molecule has 0 aromatic heterocycles. The second-order valence-electron chi connectivity index (χ2n) is 3.22. The Morgan fingerprint density at radius 1 is 1.31 bits per heavy atom. The largest absolute Gasteiger partial charge is 0.315 e. The van der Waals surface area contributed by atoms with E-state index in [4.69, 9.17) is 0 Å². The Morgan fingerprint density at radius 3 is 2.85 bits per heavy atom. The minimum Gasteiger partial charge on any atom is -0.315 e. The summed E-state index contributed by atoms with van der Waals surface area (Å²) in [5.41, 5.74) is 0. The van der Waals surface area contributed by atoms with Crippen LogP contribution in [-0.4, -0.2) is 19.1 Å². The van der Waals surface area contributed by atoms with Crippen molar-refractivity contribution in [2.24, 2.45) is 0 Å². The first-order valence-electron chi connectivity index (χ1n) is 4.63. The van der Waals surface area contributed by atoms with Gasteiger partial charge in [0.1, 0.15) is 0 Å². The lowest BCUT2D eigenvalue weighted by atomic mass is 10.3. The summed E-state index contributed by atoms with van der Waals surface area (Å²) in [6, 6.07) is 11.1. The molecule has 0 spiro atoms. The van der Waals surface area contributed by atoms with Crippen LogP contribution in [0.1, 0.15) is 6.42 Å². The van der Waals surface area contributed by atoms with Crippen molar-refractivity contribution in [1.29, 1.82) is 0 Å². The lowest BCUT2D eigenvalue weighted by Crippen LogP contribution is -2.25. The minimum atomic E-state index is 0.630. The van der Waals surface area contributed by atoms with Crippen molar-refractivity contribution < 1.29 is 0 Å². The van der Waals surface area contributed by atoms with Gasteiger partial charge in [-0.2, -0.15) is 0 Å². The van der Waals surface area contributed by atoms with E-state index in [9.17, 15) is 0 Å². The average Bonchev–Trinajstić information content (AvgIpc) is 2.69. The summed E-state index contributed by atoms with van der Waals surface area (Å²) in [6.07, 6.45) is 1.24. The summed E-state index contributed by atoms with van der Waals surface area (Å²) in [5.74, 6) is 0. The Balaban J connectivity index is 1.79. The third-order valence-corrected chi connectivity index (χ3v) is 3.11. The fourth-order valence-electron chi connectivity index (χ4n) is 1.40. The first-order valence-corrected chi connectivity index (χ1v) is 5.45. The molecule has 1 aliphatic heterocycles. The quantitative estimate of drug-likeness (QED) is 0.715. The fraction of sp³-hybridized carbons (Fsp3) is 0.400. The molecule has 0 saturated carbocycles. The lowest BCUT2D eigenvalue weighted by molar-refractivity contribution is 0.693. The maximum absolute atomic E-state index is 3.45. The van der Waals surface area contributed by atoms with E-state index in [1.54, 1.807) is 11.9 Å². The standard InChI is InChI=1S/C10H14N2S/c1-2-4-10(5-3-1)13-12-9-6-7-11-8-9/h1-5,9,11-12H,6-8H2/t9-/m1/s1. The molecule has 1 aromatic rings. The molecule has 0 unspecified atom stereocenters. The zero-order chi connectivity index (χ0) is 8.93. The smallest absolute Gasteiger partial charge is 0.0312 e. The third kappa shape index (κ3) is 2.72. The molecular formula is C10H14N2S. The highest BCUT2D eigenvalue weighted by Gasteiger charge is 2.13. The molecule has 0 aliphatic carbocycles. The van der Waals surface area contributed by atoms with Crippen molar-refractivity contribution >= 4 is 11.9 Å². The van der Waals surface area contributed by atoms with Crippen molar-refractivity contribution in [3.05, 3.63) is 30.3 Å². The van der Waals surface area contributed by atoms with Crippen LogP contribution in [0.25, 0.3) is 0 Å². The number of nitrogens with one attached hydrogen (secondary N) is 2. The summed E-state index contributed by atoms with van der Waals surface area (Å²) < 4.78 is 3.45. The van der Waals surface area contributed by atoms with Gasteiger partial charge in [-0.3, -0.25) is 4.72 Å². The van der Waals surface area contributed by atoms with Crippen molar-refractivity contribution in [3.8, 4) is 0 Å². The van der Waals surface area contributed by atoms with Gasteiger partial charge in [0, 0.05) is 17.5 Å². The predicted octanol–water partition coefficient (Wildman–Crippen LogP) is 1.65. The molecule has 2 rings (SSSR count). The molecule has 0 amide bonds. The maximum atomic E-state index is 3.45. The van der Waals surface area contributed by atoms with E-state index in [-0.39, 0.29) is 0 Å². The molecule has 1 fully saturated rings. The topological polar surface area (TPSA) is 24.1 Å². The van der Waals surface area contributed by atoms with E-state index in [1.807, 2.05) is 6.07 Å². The first-order chi connectivity index (χ1) is 6.45. The fourth-order valence-corrected chi connectivity index (χ4v) is 2.19. The first kappa shape index (κ1) is 9.06. The van der Waals surface area contributed by atoms with Gasteiger partial charge < -0.3 is 5.32 Å². The molecule has 3 heteroatoms. The van der Waals surface area contributed by atoms with Gasteiger partial charge in [0.25, 0.3) is 0 Å². The molecule has 70 valence electrons. The van der Waals surface area contributed by atoms with Crippen LogP contribution >= 0.6 is 11.9 Å². The summed E-state index contributed by atoms with van der Waals surface area (Å²) in [6.45, 7) is 2.24. The Labute approximate surface area is 83.2 Å². The van der Waals surface area contributed by atoms with Crippen LogP contribution in [0.4, 0.5) is 0 Å². The second kappa shape index (κ2) is 4.65. The highest BCUT2D eigenvalue weighted by molar-refractivity contribution is 7.97. The summed E-state index contributed by atoms with van der Waals surface area (Å²) in [5, 5.41) is 3.33. The van der Waals surface area contributed by atoms with Crippen LogP contribution in [0.2, 0.25) is 0 Å². The van der Waals surface area contributed by atoms with E-state index in [0.29, 0.717) is 6.04 Å². The predicted molar refractivity (Wildman–Crippen MR) is 56.7 cm³/mol. The van der Waals surface area contributed by atoms with Crippen LogP contribution < -0.4 is 10.0 Å². The zero-order valence-corrected chi connectivity index (χ0v) is 8.31. The second-order valence-corrected chi connectivity index (χ2v) is 4.13. The lowest BCUT2D eigenvalue weighted by Gasteiger charge is -2.09. The van der Waals surface area contributed by atoms with Gasteiger partial charge in [0.2, 0.25) is 0 Å². The average molecular weight is 194 g/mol. The number of hydrogen-bond acceptors (Lipinski definition) is 3. The molecule has 1 heterocycles. The van der Waals surface area contributed by atoms with Crippen LogP contribution in [0.5, 0.6) is 0 Å². The highest BCUT2D eigenvalue weighted by atomic mass is 32.2. The molecule has 1 aromatic carbocycles. The molecule has 0 radical (unpaired) electrons.